The van der Waals surface area contributed by atoms with Gasteiger partial charge in [0.05, 0.1) is 0 Å². The van der Waals surface area contributed by atoms with E-state index in [2.05, 4.69) is 6.07 Å². The first-order valence-electron chi connectivity index (χ1n) is 3.04. The van der Waals surface area contributed by atoms with E-state index in [1.54, 1.807) is 24.3 Å². The molecule has 2 heteroatoms. The van der Waals surface area contributed by atoms with E-state index in [4.69, 9.17) is 5.11 Å². The van der Waals surface area contributed by atoms with Gasteiger partial charge in [-0.3, -0.25) is 0 Å². The predicted molar refractivity (Wildman–Crippen MR) is 38.3 cm³/mol. The molecule has 1 rings (SSSR count). The van der Waals surface area contributed by atoms with Crippen molar-refractivity contribution in [3.05, 3.63) is 30.3 Å². The fraction of sp³-hybridized carbons (Fsp3) is 0.250. The maximum Gasteiger partial charge on any atom is 1.00 e. The monoisotopic (exact) mass is 162 g/mol. The number of benzene rings is 1. The summed E-state index contributed by atoms with van der Waals surface area (Å²) < 4.78 is 0. The van der Waals surface area contributed by atoms with Crippen LogP contribution in [0.1, 0.15) is 13.8 Å². The van der Waals surface area contributed by atoms with E-state index in [1.807, 2.05) is 13.8 Å². The Bertz CT molecular complexity index is 139. The molecule has 0 bridgehead atoms. The standard InChI is InChI=1S/C6H5O.C2H6.K/c7-6-4-2-1-3-5-6;1-2;/h2-5,7H;1-2H3;/q-1;;+1. The van der Waals surface area contributed by atoms with Crippen LogP contribution in [0.4, 0.5) is 0 Å². The molecule has 10 heavy (non-hydrogen) atoms. The van der Waals surface area contributed by atoms with Crippen LogP contribution in [0.5, 0.6) is 5.75 Å². The predicted octanol–water partition coefficient (Wildman–Crippen LogP) is -0.777. The summed E-state index contributed by atoms with van der Waals surface area (Å²) in [7, 11) is 0. The summed E-state index contributed by atoms with van der Waals surface area (Å²) in [4.78, 5) is 0. The first-order chi connectivity index (χ1) is 4.39. The van der Waals surface area contributed by atoms with E-state index in [0.29, 0.717) is 5.75 Å². The summed E-state index contributed by atoms with van der Waals surface area (Å²) in [5.41, 5.74) is 0. The van der Waals surface area contributed by atoms with Crippen LogP contribution in [0.15, 0.2) is 24.3 Å². The minimum Gasteiger partial charge on any atom is -0.533 e. The van der Waals surface area contributed by atoms with Crippen molar-refractivity contribution in [3.8, 4) is 5.75 Å². The molecule has 1 aromatic carbocycles. The Balaban J connectivity index is 0. The van der Waals surface area contributed by atoms with Gasteiger partial charge in [-0.15, -0.1) is 12.1 Å². The fourth-order valence-electron chi connectivity index (χ4n) is 0.378. The van der Waals surface area contributed by atoms with Gasteiger partial charge >= 0.3 is 51.4 Å². The number of rotatable bonds is 0. The Hall–Kier alpha value is 0.656. The van der Waals surface area contributed by atoms with Crippen LogP contribution < -0.4 is 51.4 Å². The van der Waals surface area contributed by atoms with Gasteiger partial charge in [-0.05, 0) is 0 Å². The minimum atomic E-state index is 0. The second kappa shape index (κ2) is 9.66. The molecule has 0 radical (unpaired) electrons. The average molecular weight is 162 g/mol. The van der Waals surface area contributed by atoms with Crippen LogP contribution in [-0.4, -0.2) is 5.11 Å². The van der Waals surface area contributed by atoms with Crippen molar-refractivity contribution in [1.29, 1.82) is 0 Å². The Morgan fingerprint density at radius 3 is 1.80 bits per heavy atom. The zero-order chi connectivity index (χ0) is 7.11. The van der Waals surface area contributed by atoms with Gasteiger partial charge in [-0.25, -0.2) is 0 Å². The number of hydrogen-bond donors (Lipinski definition) is 1. The van der Waals surface area contributed by atoms with Crippen LogP contribution in [0.3, 0.4) is 0 Å². The van der Waals surface area contributed by atoms with E-state index < -0.39 is 0 Å². The van der Waals surface area contributed by atoms with E-state index in [1.165, 1.54) is 0 Å². The van der Waals surface area contributed by atoms with Crippen molar-refractivity contribution in [3.63, 3.8) is 0 Å². The van der Waals surface area contributed by atoms with E-state index >= 15 is 0 Å². The van der Waals surface area contributed by atoms with E-state index in [-0.39, 0.29) is 51.4 Å². The largest absolute Gasteiger partial charge is 1.00 e. The average Bonchev–Trinajstić information content (AvgIpc) is 1.94. The summed E-state index contributed by atoms with van der Waals surface area (Å²) in [6.07, 6.45) is 0. The topological polar surface area (TPSA) is 20.2 Å². The van der Waals surface area contributed by atoms with Crippen molar-refractivity contribution in [2.24, 2.45) is 0 Å². The third-order valence-corrected chi connectivity index (χ3v) is 0.701. The first kappa shape index (κ1) is 13.3. The second-order valence-electron chi connectivity index (χ2n) is 1.26. The van der Waals surface area contributed by atoms with Crippen molar-refractivity contribution < 1.29 is 56.5 Å². The zero-order valence-electron chi connectivity index (χ0n) is 6.76. The molecule has 0 saturated carbocycles. The molecule has 0 heterocycles. The van der Waals surface area contributed by atoms with Crippen molar-refractivity contribution >= 4 is 0 Å². The Kier molecular flexibility index (Phi) is 12.8. The number of hydrogen-bond acceptors (Lipinski definition) is 1. The van der Waals surface area contributed by atoms with Crippen LogP contribution in [0.2, 0.25) is 0 Å². The summed E-state index contributed by atoms with van der Waals surface area (Å²) in [5, 5.41) is 8.61. The third-order valence-electron chi connectivity index (χ3n) is 0.701. The minimum absolute atomic E-state index is 0. The van der Waals surface area contributed by atoms with Crippen molar-refractivity contribution in [2.75, 3.05) is 0 Å². The molecule has 0 atom stereocenters. The molecule has 0 spiro atoms. The number of phenols is 1. The third kappa shape index (κ3) is 6.77. The quantitative estimate of drug-likeness (QED) is 0.392. The molecule has 50 valence electrons. The molecule has 0 fully saturated rings. The summed E-state index contributed by atoms with van der Waals surface area (Å²) in [6.45, 7) is 4.00. The summed E-state index contributed by atoms with van der Waals surface area (Å²) in [5.74, 6) is 0.291. The molecule has 0 saturated heterocycles. The van der Waals surface area contributed by atoms with Gasteiger partial charge < -0.3 is 5.11 Å². The van der Waals surface area contributed by atoms with Gasteiger partial charge in [0.15, 0.2) is 0 Å². The van der Waals surface area contributed by atoms with Crippen LogP contribution >= 0.6 is 0 Å². The maximum absolute atomic E-state index is 8.61. The van der Waals surface area contributed by atoms with E-state index in [0.717, 1.165) is 0 Å². The van der Waals surface area contributed by atoms with Crippen molar-refractivity contribution in [1.82, 2.24) is 0 Å². The molecule has 0 unspecified atom stereocenters. The molecule has 1 aromatic rings. The Morgan fingerprint density at radius 1 is 1.20 bits per heavy atom. The summed E-state index contributed by atoms with van der Waals surface area (Å²) in [6, 6.07) is 9.26. The number of aromatic hydroxyl groups is 1. The molecule has 0 aliphatic heterocycles. The molecule has 0 aliphatic carbocycles. The first-order valence-corrected chi connectivity index (χ1v) is 3.04. The normalized spacial score (nSPS) is 6.60. The van der Waals surface area contributed by atoms with Gasteiger partial charge in [-0.1, -0.05) is 13.8 Å². The maximum atomic E-state index is 8.61. The van der Waals surface area contributed by atoms with Crippen LogP contribution in [0, 0.1) is 6.07 Å². The second-order valence-corrected chi connectivity index (χ2v) is 1.26. The van der Waals surface area contributed by atoms with Crippen molar-refractivity contribution in [2.45, 2.75) is 13.8 Å². The molecular formula is C8H11KO. The van der Waals surface area contributed by atoms with Crippen LogP contribution in [0.25, 0.3) is 0 Å². The van der Waals surface area contributed by atoms with Gasteiger partial charge in [0.1, 0.15) is 0 Å². The van der Waals surface area contributed by atoms with Gasteiger partial charge in [0, 0.05) is 5.75 Å². The van der Waals surface area contributed by atoms with Crippen LogP contribution in [-0.2, 0) is 0 Å². The molecular weight excluding hydrogens is 151 g/mol. The van der Waals surface area contributed by atoms with Gasteiger partial charge in [0.25, 0.3) is 0 Å². The summed E-state index contributed by atoms with van der Waals surface area (Å²) >= 11 is 0. The molecule has 0 aromatic heterocycles. The Labute approximate surface area is 105 Å². The smallest absolute Gasteiger partial charge is 0.533 e. The number of phenolic OH excluding ortho intramolecular Hbond substituents is 1. The van der Waals surface area contributed by atoms with E-state index in [9.17, 15) is 0 Å². The molecule has 0 amide bonds. The molecule has 1 nitrogen and oxygen atoms in total. The molecule has 1 N–H and O–H groups in total. The van der Waals surface area contributed by atoms with Gasteiger partial charge in [0.2, 0.25) is 0 Å². The zero-order valence-corrected chi connectivity index (χ0v) is 9.88. The SMILES string of the molecule is CC.Oc1cc[c-]cc1.[K+]. The van der Waals surface area contributed by atoms with Gasteiger partial charge in [-0.2, -0.15) is 18.2 Å². The molecule has 0 aliphatic rings. The fourth-order valence-corrected chi connectivity index (χ4v) is 0.378. The Morgan fingerprint density at radius 2 is 1.60 bits per heavy atom.